The maximum absolute atomic E-state index is 10.9. The van der Waals surface area contributed by atoms with Gasteiger partial charge in [-0.2, -0.15) is 4.98 Å². The molecule has 0 aliphatic rings. The molecule has 0 saturated carbocycles. The minimum absolute atomic E-state index is 0.141. The molecule has 118 valence electrons. The highest BCUT2D eigenvalue weighted by Gasteiger charge is 2.16. The van der Waals surface area contributed by atoms with E-state index in [1.54, 1.807) is 0 Å². The normalized spacial score (nSPS) is 11.0. The zero-order valence-corrected chi connectivity index (χ0v) is 12.7. The average molecular weight is 297 g/mol. The Bertz CT molecular complexity index is 467. The molecule has 9 nitrogen and oxygen atoms in total. The van der Waals surface area contributed by atoms with Crippen LogP contribution < -0.4 is 16.6 Å². The lowest BCUT2D eigenvalue weighted by Gasteiger charge is -2.20. The molecule has 1 aromatic heterocycles. The SMILES string of the molecule is CC(C)N(C)CCCCNc1nc(NN)ncc1[N+](=O)[O-]. The number of nitro groups is 1. The lowest BCUT2D eigenvalue weighted by atomic mass is 10.2. The fourth-order valence-electron chi connectivity index (χ4n) is 1.66. The fourth-order valence-corrected chi connectivity index (χ4v) is 1.66. The van der Waals surface area contributed by atoms with E-state index >= 15 is 0 Å². The first-order valence-corrected chi connectivity index (χ1v) is 6.88. The average Bonchev–Trinajstić information content (AvgIpc) is 2.45. The molecule has 0 aliphatic carbocycles. The van der Waals surface area contributed by atoms with Crippen LogP contribution in [0.4, 0.5) is 17.5 Å². The van der Waals surface area contributed by atoms with Gasteiger partial charge in [-0.1, -0.05) is 0 Å². The van der Waals surface area contributed by atoms with E-state index in [4.69, 9.17) is 5.84 Å². The van der Waals surface area contributed by atoms with Gasteiger partial charge in [0.15, 0.2) is 0 Å². The second-order valence-electron chi connectivity index (χ2n) is 5.04. The molecule has 0 saturated heterocycles. The first-order valence-electron chi connectivity index (χ1n) is 6.88. The Morgan fingerprint density at radius 1 is 1.48 bits per heavy atom. The zero-order valence-electron chi connectivity index (χ0n) is 12.7. The molecule has 0 radical (unpaired) electrons. The van der Waals surface area contributed by atoms with Crippen molar-refractivity contribution in [2.45, 2.75) is 32.7 Å². The van der Waals surface area contributed by atoms with Gasteiger partial charge in [0.2, 0.25) is 11.8 Å². The summed E-state index contributed by atoms with van der Waals surface area (Å²) >= 11 is 0. The van der Waals surface area contributed by atoms with Crippen molar-refractivity contribution in [2.75, 3.05) is 30.9 Å². The minimum Gasteiger partial charge on any atom is -0.364 e. The highest BCUT2D eigenvalue weighted by atomic mass is 16.6. The van der Waals surface area contributed by atoms with E-state index in [-0.39, 0.29) is 17.5 Å². The molecule has 0 spiro atoms. The predicted molar refractivity (Wildman–Crippen MR) is 82.0 cm³/mol. The van der Waals surface area contributed by atoms with Gasteiger partial charge < -0.3 is 10.2 Å². The number of rotatable bonds is 9. The second kappa shape index (κ2) is 8.32. The summed E-state index contributed by atoms with van der Waals surface area (Å²) in [7, 11) is 2.08. The molecule has 0 bridgehead atoms. The van der Waals surface area contributed by atoms with E-state index in [0.29, 0.717) is 12.6 Å². The summed E-state index contributed by atoms with van der Waals surface area (Å²) < 4.78 is 0. The smallest absolute Gasteiger partial charge is 0.329 e. The van der Waals surface area contributed by atoms with E-state index in [0.717, 1.165) is 25.6 Å². The van der Waals surface area contributed by atoms with Gasteiger partial charge in [0.1, 0.15) is 6.20 Å². The van der Waals surface area contributed by atoms with Gasteiger partial charge >= 0.3 is 5.69 Å². The van der Waals surface area contributed by atoms with E-state index < -0.39 is 4.92 Å². The van der Waals surface area contributed by atoms with Gasteiger partial charge in [0.05, 0.1) is 4.92 Å². The lowest BCUT2D eigenvalue weighted by molar-refractivity contribution is -0.384. The molecule has 9 heteroatoms. The van der Waals surface area contributed by atoms with Crippen molar-refractivity contribution in [1.29, 1.82) is 0 Å². The first-order chi connectivity index (χ1) is 9.95. The van der Waals surface area contributed by atoms with E-state index in [2.05, 4.69) is 46.5 Å². The summed E-state index contributed by atoms with van der Waals surface area (Å²) in [5.74, 6) is 5.53. The summed E-state index contributed by atoms with van der Waals surface area (Å²) in [4.78, 5) is 20.3. The van der Waals surface area contributed by atoms with E-state index in [1.807, 2.05) is 0 Å². The number of anilines is 2. The summed E-state index contributed by atoms with van der Waals surface area (Å²) in [6, 6.07) is 0.513. The Labute approximate surface area is 124 Å². The van der Waals surface area contributed by atoms with Crippen LogP contribution in [-0.2, 0) is 0 Å². The highest BCUT2D eigenvalue weighted by molar-refractivity contribution is 5.56. The van der Waals surface area contributed by atoms with Crippen molar-refractivity contribution < 1.29 is 4.92 Å². The quantitative estimate of drug-likeness (QED) is 0.269. The van der Waals surface area contributed by atoms with Gasteiger partial charge in [-0.3, -0.25) is 15.5 Å². The first kappa shape index (κ1) is 17.1. The largest absolute Gasteiger partial charge is 0.364 e. The minimum atomic E-state index is -0.519. The number of unbranched alkanes of at least 4 members (excludes halogenated alkanes) is 1. The maximum Gasteiger partial charge on any atom is 0.329 e. The predicted octanol–water partition coefficient (Wildman–Crippen LogP) is 1.20. The number of nitrogens with two attached hydrogens (primary N) is 1. The van der Waals surface area contributed by atoms with Crippen molar-refractivity contribution in [3.05, 3.63) is 16.3 Å². The summed E-state index contributed by atoms with van der Waals surface area (Å²) in [5, 5.41) is 13.9. The zero-order chi connectivity index (χ0) is 15.8. The molecule has 0 fully saturated rings. The molecule has 0 atom stereocenters. The van der Waals surface area contributed by atoms with Crippen molar-refractivity contribution in [1.82, 2.24) is 14.9 Å². The molecular weight excluding hydrogens is 274 g/mol. The molecule has 0 amide bonds. The molecule has 1 heterocycles. The number of hydrogen-bond acceptors (Lipinski definition) is 8. The van der Waals surface area contributed by atoms with Crippen LogP contribution in [0.3, 0.4) is 0 Å². The summed E-state index contributed by atoms with van der Waals surface area (Å²) in [6.07, 6.45) is 3.03. The third-order valence-electron chi connectivity index (χ3n) is 3.21. The third-order valence-corrected chi connectivity index (χ3v) is 3.21. The number of nitrogens with zero attached hydrogens (tertiary/aromatic N) is 4. The molecule has 0 aromatic carbocycles. The Balaban J connectivity index is 2.49. The summed E-state index contributed by atoms with van der Waals surface area (Å²) in [5.41, 5.74) is 2.11. The molecule has 1 rings (SSSR count). The van der Waals surface area contributed by atoms with Gasteiger partial charge in [-0.05, 0) is 40.3 Å². The number of nitrogen functional groups attached to an aromatic ring is 1. The number of hydrogen-bond donors (Lipinski definition) is 3. The number of aromatic nitrogens is 2. The van der Waals surface area contributed by atoms with Crippen LogP contribution >= 0.6 is 0 Å². The van der Waals surface area contributed by atoms with Crippen LogP contribution in [0.25, 0.3) is 0 Å². The number of hydrazine groups is 1. The molecule has 21 heavy (non-hydrogen) atoms. The van der Waals surface area contributed by atoms with Crippen LogP contribution in [0, 0.1) is 10.1 Å². The summed E-state index contributed by atoms with van der Waals surface area (Å²) in [6.45, 7) is 5.88. The topological polar surface area (TPSA) is 122 Å². The van der Waals surface area contributed by atoms with Crippen LogP contribution in [0.2, 0.25) is 0 Å². The van der Waals surface area contributed by atoms with Gasteiger partial charge in [-0.15, -0.1) is 0 Å². The highest BCUT2D eigenvalue weighted by Crippen LogP contribution is 2.21. The van der Waals surface area contributed by atoms with Crippen LogP contribution in [0.15, 0.2) is 6.20 Å². The van der Waals surface area contributed by atoms with Crippen LogP contribution in [0.1, 0.15) is 26.7 Å². The fraction of sp³-hybridized carbons (Fsp3) is 0.667. The maximum atomic E-state index is 10.9. The van der Waals surface area contributed by atoms with E-state index in [9.17, 15) is 10.1 Å². The number of nitrogens with one attached hydrogen (secondary N) is 2. The molecular formula is C12H23N7O2. The van der Waals surface area contributed by atoms with Crippen molar-refractivity contribution in [2.24, 2.45) is 5.84 Å². The molecule has 0 aliphatic heterocycles. The standard InChI is InChI=1S/C12H23N7O2/c1-9(2)18(3)7-5-4-6-14-11-10(19(20)21)8-15-12(16-11)17-13/h8-9H,4-7,13H2,1-3H3,(H2,14,15,16,17). The Morgan fingerprint density at radius 2 is 2.19 bits per heavy atom. The molecule has 0 unspecified atom stereocenters. The third kappa shape index (κ3) is 5.48. The second-order valence-corrected chi connectivity index (χ2v) is 5.04. The van der Waals surface area contributed by atoms with Gasteiger partial charge in [0, 0.05) is 12.6 Å². The molecule has 1 aromatic rings. The lowest BCUT2D eigenvalue weighted by Crippen LogP contribution is -2.27. The van der Waals surface area contributed by atoms with Crippen LogP contribution in [-0.4, -0.2) is 46.0 Å². The van der Waals surface area contributed by atoms with Gasteiger partial charge in [0.25, 0.3) is 0 Å². The van der Waals surface area contributed by atoms with Crippen molar-refractivity contribution >= 4 is 17.5 Å². The monoisotopic (exact) mass is 297 g/mol. The molecule has 4 N–H and O–H groups in total. The van der Waals surface area contributed by atoms with Gasteiger partial charge in [-0.25, -0.2) is 10.8 Å². The Kier molecular flexibility index (Phi) is 6.76. The van der Waals surface area contributed by atoms with Crippen molar-refractivity contribution in [3.63, 3.8) is 0 Å². The van der Waals surface area contributed by atoms with E-state index in [1.165, 1.54) is 0 Å². The Hall–Kier alpha value is -2.00. The Morgan fingerprint density at radius 3 is 2.76 bits per heavy atom. The van der Waals surface area contributed by atoms with Crippen molar-refractivity contribution in [3.8, 4) is 0 Å². The van der Waals surface area contributed by atoms with Crippen LogP contribution in [0.5, 0.6) is 0 Å².